The van der Waals surface area contributed by atoms with E-state index in [2.05, 4.69) is 38.9 Å². The van der Waals surface area contributed by atoms with Gasteiger partial charge >= 0.3 is 0 Å². The van der Waals surface area contributed by atoms with Gasteiger partial charge in [0, 0.05) is 32.7 Å². The molecule has 3 nitrogen and oxygen atoms in total. The van der Waals surface area contributed by atoms with E-state index in [1.54, 1.807) is 35.6 Å². The molecule has 3 aromatic rings. The minimum atomic E-state index is -0.350. The minimum Gasteiger partial charge on any atom is -0.375 e. The van der Waals surface area contributed by atoms with Gasteiger partial charge in [0.2, 0.25) is 0 Å². The molecule has 0 bridgehead atoms. The predicted octanol–water partition coefficient (Wildman–Crippen LogP) is 5.51. The van der Waals surface area contributed by atoms with Crippen LogP contribution in [0.3, 0.4) is 0 Å². The zero-order valence-corrected chi connectivity index (χ0v) is 18.8. The fourth-order valence-corrected chi connectivity index (χ4v) is 4.52. The minimum absolute atomic E-state index is 0.283. The molecule has 0 N–H and O–H groups in total. The van der Waals surface area contributed by atoms with E-state index in [9.17, 15) is 8.78 Å². The zero-order valence-electron chi connectivity index (χ0n) is 18.0. The Hall–Kier alpha value is -2.54. The van der Waals surface area contributed by atoms with Gasteiger partial charge in [-0.15, -0.1) is 0 Å². The molecule has 2 heterocycles. The van der Waals surface area contributed by atoms with Gasteiger partial charge in [0.25, 0.3) is 0 Å². The Balaban J connectivity index is 1.26. The average molecular weight is 455 g/mol. The van der Waals surface area contributed by atoms with Crippen LogP contribution in [0.15, 0.2) is 77.6 Å². The number of piperazine rings is 1. The first-order chi connectivity index (χ1) is 15.7. The van der Waals surface area contributed by atoms with Crippen molar-refractivity contribution in [3.8, 4) is 0 Å². The molecule has 2 aromatic carbocycles. The predicted molar refractivity (Wildman–Crippen MR) is 126 cm³/mol. The Kier molecular flexibility index (Phi) is 8.04. The first kappa shape index (κ1) is 22.6. The van der Waals surface area contributed by atoms with Crippen LogP contribution in [0, 0.1) is 11.6 Å². The fourth-order valence-electron chi connectivity index (χ4n) is 3.84. The quantitative estimate of drug-likeness (QED) is 0.424. The molecule has 0 spiro atoms. The number of thiophene rings is 1. The second-order valence-corrected chi connectivity index (χ2v) is 8.73. The van der Waals surface area contributed by atoms with Crippen molar-refractivity contribution in [1.29, 1.82) is 0 Å². The van der Waals surface area contributed by atoms with Gasteiger partial charge in [0.05, 0.1) is 6.61 Å². The van der Waals surface area contributed by atoms with Crippen LogP contribution in [-0.2, 0) is 11.2 Å². The summed E-state index contributed by atoms with van der Waals surface area (Å²) in [4.78, 5) is 4.76. The largest absolute Gasteiger partial charge is 0.375 e. The summed E-state index contributed by atoms with van der Waals surface area (Å²) in [6.45, 7) is 5.35. The Labute approximate surface area is 192 Å². The average Bonchev–Trinajstić information content (AvgIpc) is 3.33. The summed E-state index contributed by atoms with van der Waals surface area (Å²) in [7, 11) is 0. The summed E-state index contributed by atoms with van der Waals surface area (Å²) in [6, 6.07) is 14.8. The summed E-state index contributed by atoms with van der Waals surface area (Å²) in [5.74, 6) is -0.567. The lowest BCUT2D eigenvalue weighted by Gasteiger charge is -2.34. The van der Waals surface area contributed by atoms with E-state index in [-0.39, 0.29) is 17.7 Å². The van der Waals surface area contributed by atoms with E-state index in [4.69, 9.17) is 4.74 Å². The maximum Gasteiger partial charge on any atom is 0.123 e. The standard InChI is InChI=1S/C26H28F2N2OS/c27-24-7-3-22(4-8-24)26(23-5-9-25(28)10-6-23)31-18-17-30-15-13-29(14-16-30)12-1-2-21-11-19-32-20-21/h1,3-12,19-20,26H,2,13-18H2/b12-1+. The van der Waals surface area contributed by atoms with Crippen LogP contribution in [0.4, 0.5) is 8.78 Å². The Morgan fingerprint density at radius 3 is 2.06 bits per heavy atom. The maximum atomic E-state index is 13.4. The van der Waals surface area contributed by atoms with Crippen LogP contribution in [0.5, 0.6) is 0 Å². The molecule has 1 saturated heterocycles. The van der Waals surface area contributed by atoms with Gasteiger partial charge in [-0.2, -0.15) is 11.3 Å². The zero-order chi connectivity index (χ0) is 22.2. The molecule has 32 heavy (non-hydrogen) atoms. The molecule has 0 unspecified atom stereocenters. The van der Waals surface area contributed by atoms with Gasteiger partial charge in [-0.1, -0.05) is 30.3 Å². The number of nitrogens with zero attached hydrogens (tertiary/aromatic N) is 2. The molecular formula is C26H28F2N2OS. The van der Waals surface area contributed by atoms with Gasteiger partial charge < -0.3 is 9.64 Å². The van der Waals surface area contributed by atoms with Crippen LogP contribution >= 0.6 is 11.3 Å². The molecular weight excluding hydrogens is 426 g/mol. The maximum absolute atomic E-state index is 13.4. The first-order valence-electron chi connectivity index (χ1n) is 10.9. The number of hydrogen-bond donors (Lipinski definition) is 0. The van der Waals surface area contributed by atoms with Crippen molar-refractivity contribution in [1.82, 2.24) is 9.80 Å². The molecule has 1 aromatic heterocycles. The van der Waals surface area contributed by atoms with Crippen molar-refractivity contribution < 1.29 is 13.5 Å². The van der Waals surface area contributed by atoms with Crippen LogP contribution in [0.2, 0.25) is 0 Å². The van der Waals surface area contributed by atoms with Crippen LogP contribution in [0.1, 0.15) is 22.8 Å². The molecule has 0 radical (unpaired) electrons. The first-order valence-corrected chi connectivity index (χ1v) is 11.9. The number of hydrogen-bond acceptors (Lipinski definition) is 4. The summed E-state index contributed by atoms with van der Waals surface area (Å²) >= 11 is 1.73. The van der Waals surface area contributed by atoms with E-state index in [1.807, 2.05) is 0 Å². The topological polar surface area (TPSA) is 15.7 Å². The summed E-state index contributed by atoms with van der Waals surface area (Å²) in [6.07, 6.45) is 5.07. The highest BCUT2D eigenvalue weighted by atomic mass is 32.1. The number of ether oxygens (including phenoxy) is 1. The Bertz CT molecular complexity index is 921. The van der Waals surface area contributed by atoms with E-state index in [0.29, 0.717) is 6.61 Å². The third-order valence-electron chi connectivity index (χ3n) is 5.69. The van der Waals surface area contributed by atoms with E-state index >= 15 is 0 Å². The van der Waals surface area contributed by atoms with Gasteiger partial charge in [0.1, 0.15) is 17.7 Å². The Morgan fingerprint density at radius 1 is 0.875 bits per heavy atom. The number of allylic oxidation sites excluding steroid dienone is 1. The van der Waals surface area contributed by atoms with Crippen molar-refractivity contribution in [3.05, 3.63) is 106 Å². The smallest absolute Gasteiger partial charge is 0.123 e. The molecule has 168 valence electrons. The molecule has 1 fully saturated rings. The number of benzene rings is 2. The van der Waals surface area contributed by atoms with Crippen molar-refractivity contribution in [2.75, 3.05) is 39.3 Å². The second-order valence-electron chi connectivity index (χ2n) is 7.95. The molecule has 0 aliphatic carbocycles. The Morgan fingerprint density at radius 2 is 1.50 bits per heavy atom. The monoisotopic (exact) mass is 454 g/mol. The van der Waals surface area contributed by atoms with E-state index < -0.39 is 0 Å². The highest BCUT2D eigenvalue weighted by Gasteiger charge is 2.18. The van der Waals surface area contributed by atoms with Gasteiger partial charge in [-0.3, -0.25) is 4.90 Å². The van der Waals surface area contributed by atoms with Crippen LogP contribution in [0.25, 0.3) is 0 Å². The van der Waals surface area contributed by atoms with E-state index in [1.165, 1.54) is 29.8 Å². The third kappa shape index (κ3) is 6.48. The lowest BCUT2D eigenvalue weighted by molar-refractivity contribution is 0.0502. The molecule has 6 heteroatoms. The fraction of sp³-hybridized carbons (Fsp3) is 0.308. The van der Waals surface area contributed by atoms with Gasteiger partial charge in [0.15, 0.2) is 0 Å². The SMILES string of the molecule is Fc1ccc(C(OCCN2CCN(/C=C/Cc3ccsc3)CC2)c2ccc(F)cc2)cc1. The van der Waals surface area contributed by atoms with Crippen LogP contribution in [-0.4, -0.2) is 49.1 Å². The van der Waals surface area contributed by atoms with Gasteiger partial charge in [-0.25, -0.2) is 8.78 Å². The third-order valence-corrected chi connectivity index (χ3v) is 6.43. The summed E-state index contributed by atoms with van der Waals surface area (Å²) in [5, 5.41) is 4.30. The highest BCUT2D eigenvalue weighted by molar-refractivity contribution is 7.07. The molecule has 1 aliphatic heterocycles. The summed E-state index contributed by atoms with van der Waals surface area (Å²) < 4.78 is 33.0. The normalized spacial score (nSPS) is 15.2. The lowest BCUT2D eigenvalue weighted by Crippen LogP contribution is -2.45. The molecule has 1 aliphatic rings. The highest BCUT2D eigenvalue weighted by Crippen LogP contribution is 2.26. The van der Waals surface area contributed by atoms with Crippen LogP contribution < -0.4 is 0 Å². The van der Waals surface area contributed by atoms with Crippen molar-refractivity contribution >= 4 is 11.3 Å². The number of rotatable bonds is 9. The second kappa shape index (κ2) is 11.4. The molecule has 0 saturated carbocycles. The van der Waals surface area contributed by atoms with Crippen molar-refractivity contribution in [3.63, 3.8) is 0 Å². The van der Waals surface area contributed by atoms with Gasteiger partial charge in [-0.05, 0) is 70.4 Å². The number of halogens is 2. The summed E-state index contributed by atoms with van der Waals surface area (Å²) in [5.41, 5.74) is 3.08. The lowest BCUT2D eigenvalue weighted by atomic mass is 10.0. The molecule has 0 atom stereocenters. The van der Waals surface area contributed by atoms with Crippen molar-refractivity contribution in [2.45, 2.75) is 12.5 Å². The van der Waals surface area contributed by atoms with Crippen molar-refractivity contribution in [2.24, 2.45) is 0 Å². The molecule has 0 amide bonds. The van der Waals surface area contributed by atoms with E-state index in [0.717, 1.165) is 50.3 Å². The molecule has 4 rings (SSSR count).